The molecule has 6 heteroatoms. The fraction of sp³-hybridized carbons (Fsp3) is 0.0435. The van der Waals surface area contributed by atoms with Gasteiger partial charge in [-0.2, -0.15) is 5.26 Å². The minimum atomic E-state index is -0.672. The predicted molar refractivity (Wildman–Crippen MR) is 117 cm³/mol. The Morgan fingerprint density at radius 3 is 2.52 bits per heavy atom. The Labute approximate surface area is 181 Å². The lowest BCUT2D eigenvalue weighted by atomic mass is 10.0. The van der Waals surface area contributed by atoms with Crippen LogP contribution in [0.2, 0.25) is 5.02 Å². The summed E-state index contributed by atoms with van der Waals surface area (Å²) in [6.45, 7) is 0. The number of nitriles is 1. The van der Waals surface area contributed by atoms with Crippen LogP contribution in [0.3, 0.4) is 0 Å². The number of para-hydroxylation sites is 1. The van der Waals surface area contributed by atoms with Crippen LogP contribution in [0.15, 0.2) is 76.8 Å². The predicted octanol–water partition coefficient (Wildman–Crippen LogP) is 6.38. The molecule has 0 fully saturated rings. The zero-order valence-corrected chi connectivity index (χ0v) is 17.5. The molecule has 0 saturated carbocycles. The van der Waals surface area contributed by atoms with Crippen LogP contribution in [0.4, 0.5) is 10.1 Å². The van der Waals surface area contributed by atoms with E-state index in [1.165, 1.54) is 24.3 Å². The molecule has 0 unspecified atom stereocenters. The van der Waals surface area contributed by atoms with E-state index in [9.17, 15) is 14.4 Å². The Balaban J connectivity index is 1.80. The van der Waals surface area contributed by atoms with Gasteiger partial charge in [-0.05, 0) is 47.0 Å². The van der Waals surface area contributed by atoms with Crippen molar-refractivity contribution in [2.75, 3.05) is 5.32 Å². The first kappa shape index (κ1) is 20.8. The molecular formula is C23H15BrClFN2O. The van der Waals surface area contributed by atoms with E-state index in [0.29, 0.717) is 17.0 Å². The van der Waals surface area contributed by atoms with Gasteiger partial charge in [-0.3, -0.25) is 4.79 Å². The Morgan fingerprint density at radius 1 is 1.10 bits per heavy atom. The van der Waals surface area contributed by atoms with E-state index in [-0.39, 0.29) is 11.3 Å². The molecule has 144 valence electrons. The molecular weight excluding hydrogens is 455 g/mol. The molecule has 0 aliphatic heterocycles. The molecule has 0 radical (unpaired) electrons. The molecule has 3 aromatic carbocycles. The zero-order valence-electron chi connectivity index (χ0n) is 15.1. The van der Waals surface area contributed by atoms with Crippen molar-refractivity contribution in [2.45, 2.75) is 6.42 Å². The maximum atomic E-state index is 13.7. The summed E-state index contributed by atoms with van der Waals surface area (Å²) in [7, 11) is 0. The molecule has 0 aliphatic carbocycles. The lowest BCUT2D eigenvalue weighted by Crippen LogP contribution is -2.14. The maximum Gasteiger partial charge on any atom is 0.266 e. The number of halogens is 3. The Hall–Kier alpha value is -2.94. The minimum Gasteiger partial charge on any atom is -0.319 e. The highest BCUT2D eigenvalue weighted by atomic mass is 79.9. The van der Waals surface area contributed by atoms with Crippen molar-refractivity contribution >= 4 is 45.2 Å². The number of benzene rings is 3. The summed E-state index contributed by atoms with van der Waals surface area (Å²) in [6.07, 6.45) is 2.10. The van der Waals surface area contributed by atoms with Gasteiger partial charge in [0.2, 0.25) is 0 Å². The molecule has 1 amide bonds. The number of carbonyl (C=O) groups is 1. The molecule has 3 rings (SSSR count). The smallest absolute Gasteiger partial charge is 0.266 e. The van der Waals surface area contributed by atoms with Crippen LogP contribution in [0, 0.1) is 17.1 Å². The van der Waals surface area contributed by atoms with Crippen LogP contribution in [0.1, 0.15) is 16.7 Å². The molecule has 29 heavy (non-hydrogen) atoms. The van der Waals surface area contributed by atoms with E-state index < -0.39 is 11.7 Å². The summed E-state index contributed by atoms with van der Waals surface area (Å²) < 4.78 is 14.5. The highest BCUT2D eigenvalue weighted by Crippen LogP contribution is 2.26. The van der Waals surface area contributed by atoms with Gasteiger partial charge in [0.15, 0.2) is 0 Å². The van der Waals surface area contributed by atoms with Crippen LogP contribution >= 0.6 is 27.5 Å². The van der Waals surface area contributed by atoms with Crippen LogP contribution in [0.25, 0.3) is 6.08 Å². The fourth-order valence-corrected chi connectivity index (χ4v) is 3.45. The monoisotopic (exact) mass is 468 g/mol. The minimum absolute atomic E-state index is 0.0231. The Bertz CT molecular complexity index is 1140. The van der Waals surface area contributed by atoms with Gasteiger partial charge in [-0.15, -0.1) is 0 Å². The van der Waals surface area contributed by atoms with Crippen LogP contribution in [-0.2, 0) is 11.2 Å². The summed E-state index contributed by atoms with van der Waals surface area (Å²) >= 11 is 9.76. The van der Waals surface area contributed by atoms with Gasteiger partial charge in [0.1, 0.15) is 17.5 Å². The molecule has 0 bridgehead atoms. The van der Waals surface area contributed by atoms with E-state index in [0.717, 1.165) is 15.6 Å². The van der Waals surface area contributed by atoms with E-state index in [2.05, 4.69) is 21.2 Å². The van der Waals surface area contributed by atoms with Crippen molar-refractivity contribution in [1.29, 1.82) is 5.26 Å². The van der Waals surface area contributed by atoms with Crippen LogP contribution in [0.5, 0.6) is 0 Å². The first-order valence-corrected chi connectivity index (χ1v) is 9.84. The standard InChI is InChI=1S/C23H15BrClFN2O/c24-19-12-15(9-10-16(19)13-17-5-1-2-6-20(17)25)11-18(14-27)23(29)28-22-8-4-3-7-21(22)26/h1-12H,13H2,(H,28,29)/b18-11+. The van der Waals surface area contributed by atoms with Crippen molar-refractivity contribution in [1.82, 2.24) is 0 Å². The molecule has 1 N–H and O–H groups in total. The number of hydrogen-bond donors (Lipinski definition) is 1. The molecule has 0 aliphatic rings. The van der Waals surface area contributed by atoms with Crippen LogP contribution in [-0.4, -0.2) is 5.91 Å². The fourth-order valence-electron chi connectivity index (χ4n) is 2.71. The van der Waals surface area contributed by atoms with Crippen molar-refractivity contribution in [3.63, 3.8) is 0 Å². The second-order valence-electron chi connectivity index (χ2n) is 6.22. The molecule has 3 aromatic rings. The van der Waals surface area contributed by atoms with Gasteiger partial charge in [-0.1, -0.05) is 70.0 Å². The molecule has 0 aromatic heterocycles. The lowest BCUT2D eigenvalue weighted by Gasteiger charge is -2.08. The molecule has 0 saturated heterocycles. The third-order valence-corrected chi connectivity index (χ3v) is 5.32. The summed E-state index contributed by atoms with van der Waals surface area (Å²) in [5.41, 5.74) is 2.58. The van der Waals surface area contributed by atoms with Gasteiger partial charge in [-0.25, -0.2) is 4.39 Å². The van der Waals surface area contributed by atoms with Crippen LogP contribution < -0.4 is 5.32 Å². The molecule has 0 heterocycles. The topological polar surface area (TPSA) is 52.9 Å². The largest absolute Gasteiger partial charge is 0.319 e. The lowest BCUT2D eigenvalue weighted by molar-refractivity contribution is -0.112. The third kappa shape index (κ3) is 5.32. The van der Waals surface area contributed by atoms with E-state index in [1.54, 1.807) is 6.07 Å². The zero-order chi connectivity index (χ0) is 20.8. The summed E-state index contributed by atoms with van der Waals surface area (Å²) in [6, 6.07) is 20.8. The third-order valence-electron chi connectivity index (χ3n) is 4.21. The normalized spacial score (nSPS) is 11.0. The average Bonchev–Trinajstić information content (AvgIpc) is 2.71. The quantitative estimate of drug-likeness (QED) is 0.348. The Morgan fingerprint density at radius 2 is 1.83 bits per heavy atom. The average molecular weight is 470 g/mol. The molecule has 0 spiro atoms. The van der Waals surface area contributed by atoms with Crippen molar-refractivity contribution in [3.05, 3.63) is 104 Å². The van der Waals surface area contributed by atoms with Gasteiger partial charge >= 0.3 is 0 Å². The van der Waals surface area contributed by atoms with Gasteiger partial charge in [0.05, 0.1) is 5.69 Å². The van der Waals surface area contributed by atoms with E-state index >= 15 is 0 Å². The van der Waals surface area contributed by atoms with Crippen molar-refractivity contribution in [3.8, 4) is 6.07 Å². The highest BCUT2D eigenvalue weighted by molar-refractivity contribution is 9.10. The SMILES string of the molecule is N#C/C(=C\c1ccc(Cc2ccccc2Cl)c(Br)c1)C(=O)Nc1ccccc1F. The van der Waals surface area contributed by atoms with E-state index in [1.807, 2.05) is 48.5 Å². The van der Waals surface area contributed by atoms with Crippen molar-refractivity contribution in [2.24, 2.45) is 0 Å². The second-order valence-corrected chi connectivity index (χ2v) is 7.48. The highest BCUT2D eigenvalue weighted by Gasteiger charge is 2.12. The molecule has 0 atom stereocenters. The number of amides is 1. The Kier molecular flexibility index (Phi) is 6.82. The molecule has 3 nitrogen and oxygen atoms in total. The van der Waals surface area contributed by atoms with Crippen molar-refractivity contribution < 1.29 is 9.18 Å². The first-order chi connectivity index (χ1) is 14.0. The summed E-state index contributed by atoms with van der Waals surface area (Å²) in [5.74, 6) is -1.24. The number of anilines is 1. The number of carbonyl (C=O) groups excluding carboxylic acids is 1. The van der Waals surface area contributed by atoms with Gasteiger partial charge in [0.25, 0.3) is 5.91 Å². The second kappa shape index (κ2) is 9.51. The number of nitrogens with zero attached hydrogens (tertiary/aromatic N) is 1. The summed E-state index contributed by atoms with van der Waals surface area (Å²) in [5, 5.41) is 12.5. The summed E-state index contributed by atoms with van der Waals surface area (Å²) in [4.78, 5) is 12.3. The number of hydrogen-bond acceptors (Lipinski definition) is 2. The maximum absolute atomic E-state index is 13.7. The van der Waals surface area contributed by atoms with E-state index in [4.69, 9.17) is 11.6 Å². The number of rotatable bonds is 5. The van der Waals surface area contributed by atoms with Gasteiger partial charge < -0.3 is 5.32 Å². The first-order valence-electron chi connectivity index (χ1n) is 8.67. The van der Waals surface area contributed by atoms with Gasteiger partial charge in [0, 0.05) is 15.9 Å². The number of nitrogens with one attached hydrogen (secondary N) is 1.